The summed E-state index contributed by atoms with van der Waals surface area (Å²) in [7, 11) is 1.35. The quantitative estimate of drug-likeness (QED) is 0.0303. The molecule has 2 fully saturated rings. The summed E-state index contributed by atoms with van der Waals surface area (Å²) < 4.78 is 0. The molecule has 0 aromatic heterocycles. The number of hydrogen-bond donors (Lipinski definition) is 23. The van der Waals surface area contributed by atoms with E-state index in [2.05, 4.69) is 84.7 Å². The number of aromatic hydroxyl groups is 1. The van der Waals surface area contributed by atoms with Crippen molar-refractivity contribution in [3.63, 3.8) is 0 Å². The molecule has 0 aliphatic carbocycles. The number of benzene rings is 2. The molecule has 2 aliphatic rings. The zero-order valence-electron chi connectivity index (χ0n) is 61.0. The van der Waals surface area contributed by atoms with Gasteiger partial charge in [0.2, 0.25) is 53.2 Å². The number of nitrogens with two attached hydrogens (primary N) is 2. The third-order valence-electron chi connectivity index (χ3n) is 16.5. The number of amides is 16. The zero-order valence-corrected chi connectivity index (χ0v) is 63.5. The molecule has 0 radical (unpaired) electrons. The maximum atomic E-state index is 14.5. The monoisotopic (exact) mass is 1640 g/mol. The number of rotatable bonds is 17. The Bertz CT molecular complexity index is 3640. The Balaban J connectivity index is 1.68. The number of aliphatic hydroxyl groups excluding tert-OH is 4. The molecule has 2 aromatic carbocycles. The van der Waals surface area contributed by atoms with Crippen LogP contribution in [0.5, 0.6) is 5.75 Å². The number of phenolic OH excluding ortho intramolecular Hbond substituents is 1. The van der Waals surface area contributed by atoms with Crippen LogP contribution in [0.15, 0.2) is 64.5 Å². The van der Waals surface area contributed by atoms with Crippen molar-refractivity contribution in [2.24, 2.45) is 22.4 Å². The molecular formula is C66H97N19O23SSe. The third kappa shape index (κ3) is 30.7. The molecule has 606 valence electrons. The number of guanidine groups is 1. The number of aliphatic hydroxyl groups is 4. The van der Waals surface area contributed by atoms with Gasteiger partial charge in [0.1, 0.15) is 42.3 Å². The summed E-state index contributed by atoms with van der Waals surface area (Å²) in [4.78, 5) is 237. The SMILES string of the molecule is CC(C)[C@@H]1NC(=O)[C@H](C)NC(=O)[C@H](Cc2ccc(O)cc2)NC(=O)[C@H](C[Se]Sc2ccccc2)NC(=O)CNC(=O)[C@H](CO)NC(=O)[C@H](CO)NC(=O)[C@H](C)NC(=O)[C@H](C)NC(=O)[C@@H]2CCCN2C(=O)[C@H](CO)NC(=O)[C@H](CC(=O)O)NC(=O)CNC(=O)[C@H](CCCN=C(N)N)NC(=O)CNC(=O)[C@H]([C@@H](C)O)NC1=O. The fourth-order valence-corrected chi connectivity index (χ4v) is 14.4. The number of nitrogens with one attached hydrogen (secondary N) is 15. The van der Waals surface area contributed by atoms with Gasteiger partial charge >= 0.3 is 299 Å². The Hall–Kier alpha value is -10.8. The smallest absolute Gasteiger partial charge is 0.481 e. The van der Waals surface area contributed by atoms with E-state index in [-0.39, 0.29) is 62.2 Å². The Morgan fingerprint density at radius 1 is 0.527 bits per heavy atom. The van der Waals surface area contributed by atoms with Gasteiger partial charge in [-0.15, -0.1) is 0 Å². The summed E-state index contributed by atoms with van der Waals surface area (Å²) >= 11 is -0.533. The summed E-state index contributed by atoms with van der Waals surface area (Å²) in [6, 6.07) is -6.88. The van der Waals surface area contributed by atoms with Crippen molar-refractivity contribution in [2.75, 3.05) is 52.5 Å². The molecule has 110 heavy (non-hydrogen) atoms. The number of phenols is 1. The van der Waals surface area contributed by atoms with Gasteiger partial charge in [0.15, 0.2) is 5.96 Å². The molecule has 2 aliphatic heterocycles. The molecular weight excluding hydrogens is 1540 g/mol. The minimum atomic E-state index is -1.99. The molecule has 0 unspecified atom stereocenters. The maximum absolute atomic E-state index is 14.5. The van der Waals surface area contributed by atoms with Gasteiger partial charge in [0, 0.05) is 13.1 Å². The van der Waals surface area contributed by atoms with Crippen LogP contribution < -0.4 is 91.2 Å². The molecule has 0 spiro atoms. The number of carbonyl (C=O) groups excluding carboxylic acids is 16. The number of carboxylic acid groups (broad SMARTS) is 1. The van der Waals surface area contributed by atoms with Gasteiger partial charge < -0.3 is 79.3 Å². The van der Waals surface area contributed by atoms with Crippen molar-refractivity contribution in [1.29, 1.82) is 0 Å². The first-order valence-electron chi connectivity index (χ1n) is 34.6. The van der Waals surface area contributed by atoms with Crippen LogP contribution in [0.1, 0.15) is 79.2 Å². The first kappa shape index (κ1) is 91.6. The minimum absolute atomic E-state index is 0.00417. The van der Waals surface area contributed by atoms with E-state index >= 15 is 0 Å². The van der Waals surface area contributed by atoms with Gasteiger partial charge in [-0.05, 0) is 46.5 Å². The van der Waals surface area contributed by atoms with Crippen LogP contribution in [0, 0.1) is 5.92 Å². The number of nitrogens with zero attached hydrogens (tertiary/aromatic N) is 2. The second-order valence-electron chi connectivity index (χ2n) is 25.7. The predicted molar refractivity (Wildman–Crippen MR) is 389 cm³/mol. The van der Waals surface area contributed by atoms with Gasteiger partial charge in [-0.2, -0.15) is 0 Å². The van der Waals surface area contributed by atoms with E-state index in [1.165, 1.54) is 62.1 Å². The van der Waals surface area contributed by atoms with E-state index in [4.69, 9.17) is 11.5 Å². The zero-order chi connectivity index (χ0) is 82.1. The van der Waals surface area contributed by atoms with E-state index in [1.54, 1.807) is 30.3 Å². The molecule has 2 heterocycles. The standard InChI is InChI=1S/C66H97N19O23SSe/c1-31(2)51-64(107)84-52(35(6)89)63(106)72-26-47(91)76-39(14-10-20-69-66(67)68)56(99)70-24-48(92)77-41(23-50(94)95)59(102)82-44(29-88)65(108)85-21-11-15-46(85)62(105)75-32(3)53(96)73-33(4)54(97)80-43(28-87)60(103)81-42(27-86)57(100)71-25-49(93)78-45(30-110-109-38-12-8-7-9-13-38)61(104)79-40(22-36-16-18-37(90)19-17-36)58(101)74-34(5)55(98)83-51/h7-9,12-13,16-19,31-35,39-46,51-52,86-90H,10-11,14-15,20-30H2,1-6H3,(H,70,99)(H,71,100)(H,72,106)(H,73,96)(H,74,101)(H,75,105)(H,76,91)(H,77,92)(H,78,93)(H,79,104)(H,80,97)(H,81,103)(H,82,102)(H,83,98)(H,84,107)(H,94,95)(H4,67,68,69)/t32-,33-,34-,35+,39-,40-,41-,42-,43-,44-,45-,46-,51-,52-/m0/s1. The molecule has 2 saturated heterocycles. The summed E-state index contributed by atoms with van der Waals surface area (Å²) in [6.45, 7) is 1.28. The molecule has 0 bridgehead atoms. The topological polar surface area (TPSA) is 660 Å². The van der Waals surface area contributed by atoms with Crippen LogP contribution in [0.2, 0.25) is 5.32 Å². The van der Waals surface area contributed by atoms with Crippen LogP contribution in [0.3, 0.4) is 0 Å². The van der Waals surface area contributed by atoms with Gasteiger partial charge in [-0.3, -0.25) is 57.7 Å². The Kier molecular flexibility index (Phi) is 38.2. The molecule has 14 atom stereocenters. The summed E-state index contributed by atoms with van der Waals surface area (Å²) in [5.74, 6) is -20.2. The van der Waals surface area contributed by atoms with Crippen LogP contribution in [0.4, 0.5) is 0 Å². The molecule has 25 N–H and O–H groups in total. The van der Waals surface area contributed by atoms with Gasteiger partial charge in [0.05, 0.1) is 32.2 Å². The van der Waals surface area contributed by atoms with E-state index in [9.17, 15) is 112 Å². The van der Waals surface area contributed by atoms with Crippen molar-refractivity contribution in [3.8, 4) is 5.75 Å². The van der Waals surface area contributed by atoms with Crippen molar-refractivity contribution in [3.05, 3.63) is 60.2 Å². The molecule has 2 aromatic rings. The number of hydrogen-bond acceptors (Lipinski definition) is 24. The van der Waals surface area contributed by atoms with Crippen LogP contribution in [0.25, 0.3) is 0 Å². The van der Waals surface area contributed by atoms with Crippen molar-refractivity contribution >= 4 is 130 Å². The fourth-order valence-electron chi connectivity index (χ4n) is 10.5. The van der Waals surface area contributed by atoms with Gasteiger partial charge in [-0.25, -0.2) is 0 Å². The normalized spacial score (nSPS) is 26.0. The average Bonchev–Trinajstić information content (AvgIpc) is 1.63. The van der Waals surface area contributed by atoms with Crippen LogP contribution in [-0.2, 0) is 87.9 Å². The van der Waals surface area contributed by atoms with Crippen molar-refractivity contribution in [1.82, 2.24) is 84.7 Å². The number of carbonyl (C=O) groups is 17. The van der Waals surface area contributed by atoms with Gasteiger partial charge in [0.25, 0.3) is 0 Å². The van der Waals surface area contributed by atoms with Crippen molar-refractivity contribution < 1.29 is 112 Å². The molecule has 42 nitrogen and oxygen atoms in total. The minimum Gasteiger partial charge on any atom is -0.481 e. The molecule has 16 amide bonds. The number of carboxylic acids is 1. The van der Waals surface area contributed by atoms with Gasteiger partial charge in [-0.1, -0.05) is 13.8 Å². The number of aliphatic imine (C=N–C) groups is 1. The Labute approximate surface area is 640 Å². The van der Waals surface area contributed by atoms with Crippen LogP contribution in [-0.4, -0.2) is 293 Å². The molecule has 0 saturated carbocycles. The van der Waals surface area contributed by atoms with Crippen molar-refractivity contribution in [2.45, 2.75) is 175 Å². The second kappa shape index (κ2) is 45.9. The first-order chi connectivity index (χ1) is 52.0. The van der Waals surface area contributed by atoms with E-state index < -0.39 is 251 Å². The second-order valence-corrected chi connectivity index (χ2v) is 29.8. The number of fused-ring (bicyclic) bond motifs is 1. The Morgan fingerprint density at radius 2 is 0.982 bits per heavy atom. The van der Waals surface area contributed by atoms with E-state index in [0.29, 0.717) is 5.56 Å². The van der Waals surface area contributed by atoms with Crippen LogP contribution >= 0.6 is 10.2 Å². The molecule has 4 rings (SSSR count). The summed E-state index contributed by atoms with van der Waals surface area (Å²) in [5.41, 5.74) is 11.2. The van der Waals surface area contributed by atoms with E-state index in [0.717, 1.165) is 23.6 Å². The molecule has 44 heteroatoms. The first-order valence-corrected chi connectivity index (χ1v) is 38.7. The summed E-state index contributed by atoms with van der Waals surface area (Å²) in [5, 5.41) is 95.9. The average molecular weight is 1640 g/mol. The van der Waals surface area contributed by atoms with E-state index in [1.807, 2.05) is 0 Å². The number of aliphatic carboxylic acids is 1. The predicted octanol–water partition coefficient (Wildman–Crippen LogP) is -10.5. The Morgan fingerprint density at radius 3 is 1.54 bits per heavy atom. The fraction of sp³-hybridized carbons (Fsp3) is 0.545. The summed E-state index contributed by atoms with van der Waals surface area (Å²) in [6.07, 6.45) is -3.19. The third-order valence-corrected chi connectivity index (χ3v) is 20.8.